The standard InChI is InChI=1S/C30H42FN7O4/c1-3-26(39)34-25(30(42)38-13-11-37(2)12-14-38)16-20-9-10-24(23(31)15-20)35-29(41)28(21-7-5-4-6-8-21)36-27(40)17-22-18-32-19-33-22/h9-10,15,18-19,21,25,28H,3-8,11-14,16-17H2,1-2H3,(H,32,33)(H,34,39)(H,35,41)(H,36,40)/t25-,28+/m1/s1. The Labute approximate surface area is 246 Å². The van der Waals surface area contributed by atoms with E-state index in [1.54, 1.807) is 24.1 Å². The van der Waals surface area contributed by atoms with Gasteiger partial charge < -0.3 is 30.7 Å². The molecule has 4 amide bonds. The Hall–Kier alpha value is -3.80. The van der Waals surface area contributed by atoms with Crippen LogP contribution in [0.5, 0.6) is 0 Å². The number of benzene rings is 1. The van der Waals surface area contributed by atoms with Crippen molar-refractivity contribution in [3.05, 3.63) is 47.8 Å². The second kappa shape index (κ2) is 14.9. The fourth-order valence-electron chi connectivity index (χ4n) is 5.62. The summed E-state index contributed by atoms with van der Waals surface area (Å²) in [5.41, 5.74) is 1.08. The molecule has 228 valence electrons. The van der Waals surface area contributed by atoms with E-state index in [1.807, 2.05) is 7.05 Å². The SMILES string of the molecule is CCC(=O)N[C@H](Cc1ccc(NC(=O)[C@@H](NC(=O)Cc2c[nH]cn2)C2CCCCC2)c(F)c1)C(=O)N1CCN(C)CC1. The number of piperazine rings is 1. The number of amides is 4. The van der Waals surface area contributed by atoms with Crippen molar-refractivity contribution in [1.29, 1.82) is 0 Å². The lowest BCUT2D eigenvalue weighted by Gasteiger charge is -2.34. The molecule has 1 aromatic carbocycles. The number of hydrogen-bond donors (Lipinski definition) is 4. The molecule has 11 nitrogen and oxygen atoms in total. The second-order valence-electron chi connectivity index (χ2n) is 11.3. The molecule has 1 saturated heterocycles. The molecule has 4 N–H and O–H groups in total. The molecule has 2 fully saturated rings. The number of hydrogen-bond acceptors (Lipinski definition) is 6. The van der Waals surface area contributed by atoms with E-state index in [2.05, 4.69) is 30.8 Å². The molecule has 0 bridgehead atoms. The maximum absolute atomic E-state index is 15.3. The van der Waals surface area contributed by atoms with Gasteiger partial charge in [-0.05, 0) is 43.5 Å². The van der Waals surface area contributed by atoms with E-state index in [0.29, 0.717) is 24.3 Å². The van der Waals surface area contributed by atoms with Gasteiger partial charge in [-0.3, -0.25) is 19.2 Å². The van der Waals surface area contributed by atoms with Gasteiger partial charge in [-0.15, -0.1) is 0 Å². The summed E-state index contributed by atoms with van der Waals surface area (Å²) >= 11 is 0. The molecule has 2 aliphatic rings. The molecule has 4 rings (SSSR count). The van der Waals surface area contributed by atoms with Gasteiger partial charge in [0.2, 0.25) is 23.6 Å². The van der Waals surface area contributed by atoms with Crippen molar-refractivity contribution < 1.29 is 23.6 Å². The van der Waals surface area contributed by atoms with Gasteiger partial charge in [0.15, 0.2) is 0 Å². The largest absolute Gasteiger partial charge is 0.351 e. The van der Waals surface area contributed by atoms with E-state index in [1.165, 1.54) is 18.5 Å². The number of H-pyrrole nitrogens is 1. The zero-order valence-electron chi connectivity index (χ0n) is 24.5. The Morgan fingerprint density at radius 1 is 1.05 bits per heavy atom. The van der Waals surface area contributed by atoms with E-state index in [0.717, 1.165) is 45.2 Å². The van der Waals surface area contributed by atoms with Gasteiger partial charge in [-0.1, -0.05) is 32.3 Å². The number of halogens is 1. The molecule has 1 aliphatic carbocycles. The molecular formula is C30H42FN7O4. The number of nitrogens with zero attached hydrogens (tertiary/aromatic N) is 3. The first-order valence-corrected chi connectivity index (χ1v) is 14.9. The van der Waals surface area contributed by atoms with Crippen molar-refractivity contribution in [2.45, 2.75) is 70.4 Å². The summed E-state index contributed by atoms with van der Waals surface area (Å²) in [5.74, 6) is -1.94. The number of carbonyl (C=O) groups excluding carboxylic acids is 4. The van der Waals surface area contributed by atoms with Crippen LogP contribution in [0.25, 0.3) is 0 Å². The van der Waals surface area contributed by atoms with Gasteiger partial charge in [-0.25, -0.2) is 9.37 Å². The third-order valence-electron chi connectivity index (χ3n) is 8.12. The summed E-state index contributed by atoms with van der Waals surface area (Å²) in [6.45, 7) is 4.33. The molecule has 2 heterocycles. The molecule has 1 saturated carbocycles. The van der Waals surface area contributed by atoms with Crippen LogP contribution in [-0.2, 0) is 32.0 Å². The predicted octanol–water partition coefficient (Wildman–Crippen LogP) is 2.01. The van der Waals surface area contributed by atoms with Crippen molar-refractivity contribution in [2.75, 3.05) is 38.5 Å². The number of rotatable bonds is 11. The van der Waals surface area contributed by atoms with E-state index in [-0.39, 0.29) is 48.6 Å². The van der Waals surface area contributed by atoms with Crippen LogP contribution in [-0.4, -0.2) is 88.7 Å². The molecule has 2 atom stereocenters. The zero-order valence-corrected chi connectivity index (χ0v) is 24.5. The van der Waals surface area contributed by atoms with Gasteiger partial charge in [0.25, 0.3) is 0 Å². The summed E-state index contributed by atoms with van der Waals surface area (Å²) in [4.78, 5) is 62.4. The quantitative estimate of drug-likeness (QED) is 0.319. The van der Waals surface area contributed by atoms with Crippen LogP contribution in [0.15, 0.2) is 30.7 Å². The summed E-state index contributed by atoms with van der Waals surface area (Å²) in [6.07, 6.45) is 8.12. The molecule has 1 aliphatic heterocycles. The van der Waals surface area contributed by atoms with E-state index in [9.17, 15) is 19.2 Å². The van der Waals surface area contributed by atoms with Crippen LogP contribution in [0, 0.1) is 11.7 Å². The highest BCUT2D eigenvalue weighted by atomic mass is 19.1. The van der Waals surface area contributed by atoms with Crippen molar-refractivity contribution >= 4 is 29.3 Å². The van der Waals surface area contributed by atoms with Crippen LogP contribution < -0.4 is 16.0 Å². The van der Waals surface area contributed by atoms with Gasteiger partial charge >= 0.3 is 0 Å². The van der Waals surface area contributed by atoms with E-state index >= 15 is 4.39 Å². The van der Waals surface area contributed by atoms with Gasteiger partial charge in [0.1, 0.15) is 17.9 Å². The third-order valence-corrected chi connectivity index (χ3v) is 8.12. The average Bonchev–Trinajstić information content (AvgIpc) is 3.50. The molecular weight excluding hydrogens is 541 g/mol. The minimum absolute atomic E-state index is 0.00866. The van der Waals surface area contributed by atoms with Crippen molar-refractivity contribution in [3.8, 4) is 0 Å². The summed E-state index contributed by atoms with van der Waals surface area (Å²) in [7, 11) is 1.99. The van der Waals surface area contributed by atoms with Crippen LogP contribution in [0.3, 0.4) is 0 Å². The average molecular weight is 584 g/mol. The highest BCUT2D eigenvalue weighted by Crippen LogP contribution is 2.28. The molecule has 1 aromatic heterocycles. The lowest BCUT2D eigenvalue weighted by atomic mass is 9.83. The van der Waals surface area contributed by atoms with E-state index < -0.39 is 23.8 Å². The highest BCUT2D eigenvalue weighted by molar-refractivity contribution is 5.97. The maximum Gasteiger partial charge on any atom is 0.247 e. The Balaban J connectivity index is 1.44. The lowest BCUT2D eigenvalue weighted by Crippen LogP contribution is -2.54. The molecule has 0 unspecified atom stereocenters. The van der Waals surface area contributed by atoms with Gasteiger partial charge in [0, 0.05) is 45.2 Å². The van der Waals surface area contributed by atoms with Crippen molar-refractivity contribution in [3.63, 3.8) is 0 Å². The summed E-state index contributed by atoms with van der Waals surface area (Å²) in [5, 5.41) is 8.32. The lowest BCUT2D eigenvalue weighted by molar-refractivity contribution is -0.137. The Kier molecular flexibility index (Phi) is 11.0. The number of aromatic amines is 1. The first kappa shape index (κ1) is 31.1. The number of nitrogens with one attached hydrogen (secondary N) is 4. The van der Waals surface area contributed by atoms with Gasteiger partial charge in [0.05, 0.1) is 24.1 Å². The number of carbonyl (C=O) groups is 4. The molecule has 42 heavy (non-hydrogen) atoms. The maximum atomic E-state index is 15.3. The highest BCUT2D eigenvalue weighted by Gasteiger charge is 2.32. The first-order chi connectivity index (χ1) is 20.2. The molecule has 2 aromatic rings. The Bertz CT molecular complexity index is 1220. The normalized spacial score (nSPS) is 17.7. The molecule has 12 heteroatoms. The summed E-state index contributed by atoms with van der Waals surface area (Å²) < 4.78 is 15.3. The van der Waals surface area contributed by atoms with Crippen molar-refractivity contribution in [1.82, 2.24) is 30.4 Å². The molecule has 0 radical (unpaired) electrons. The van der Waals surface area contributed by atoms with Crippen LogP contribution in [0.2, 0.25) is 0 Å². The number of imidazole rings is 1. The fourth-order valence-corrected chi connectivity index (χ4v) is 5.62. The Morgan fingerprint density at radius 2 is 1.79 bits per heavy atom. The number of aromatic nitrogens is 2. The third kappa shape index (κ3) is 8.60. The van der Waals surface area contributed by atoms with Gasteiger partial charge in [-0.2, -0.15) is 0 Å². The molecule has 0 spiro atoms. The minimum atomic E-state index is -0.818. The van der Waals surface area contributed by atoms with Crippen molar-refractivity contribution in [2.24, 2.45) is 5.92 Å². The topological polar surface area (TPSA) is 140 Å². The zero-order chi connectivity index (χ0) is 30.1. The summed E-state index contributed by atoms with van der Waals surface area (Å²) in [6, 6.07) is 2.77. The van der Waals surface area contributed by atoms with E-state index in [4.69, 9.17) is 0 Å². The smallest absolute Gasteiger partial charge is 0.247 e. The second-order valence-corrected chi connectivity index (χ2v) is 11.3. The number of anilines is 1. The van der Waals surface area contributed by atoms with Crippen LogP contribution in [0.1, 0.15) is 56.7 Å². The fraction of sp³-hybridized carbons (Fsp3) is 0.567. The monoisotopic (exact) mass is 583 g/mol. The number of likely N-dealkylation sites (N-methyl/N-ethyl adjacent to an activating group) is 1. The van der Waals surface area contributed by atoms with Crippen LogP contribution >= 0.6 is 0 Å². The van der Waals surface area contributed by atoms with Crippen LogP contribution in [0.4, 0.5) is 10.1 Å². The predicted molar refractivity (Wildman–Crippen MR) is 156 cm³/mol. The minimum Gasteiger partial charge on any atom is -0.351 e. The Morgan fingerprint density at radius 3 is 2.43 bits per heavy atom. The first-order valence-electron chi connectivity index (χ1n) is 14.9.